The van der Waals surface area contributed by atoms with Crippen LogP contribution in [0.15, 0.2) is 42.5 Å². The highest BCUT2D eigenvalue weighted by Gasteiger charge is 2.19. The van der Waals surface area contributed by atoms with Crippen molar-refractivity contribution in [1.29, 1.82) is 0 Å². The van der Waals surface area contributed by atoms with Crippen LogP contribution in [0, 0.1) is 0 Å². The lowest BCUT2D eigenvalue weighted by atomic mass is 10.1. The molecule has 0 atom stereocenters. The van der Waals surface area contributed by atoms with E-state index in [9.17, 15) is 4.79 Å². The van der Waals surface area contributed by atoms with Crippen molar-refractivity contribution in [1.82, 2.24) is 14.9 Å². The Bertz CT molecular complexity index is 972. The molecule has 28 heavy (non-hydrogen) atoms. The van der Waals surface area contributed by atoms with E-state index in [0.29, 0.717) is 17.3 Å². The van der Waals surface area contributed by atoms with Crippen molar-refractivity contribution in [2.75, 3.05) is 31.1 Å². The van der Waals surface area contributed by atoms with Crippen molar-refractivity contribution in [3.8, 4) is 17.1 Å². The molecule has 0 unspecified atom stereocenters. The van der Waals surface area contributed by atoms with Crippen LogP contribution in [-0.4, -0.2) is 53.2 Å². The van der Waals surface area contributed by atoms with Gasteiger partial charge in [-0.05, 0) is 50.2 Å². The summed E-state index contributed by atoms with van der Waals surface area (Å²) in [6, 6.07) is 14.4. The van der Waals surface area contributed by atoms with Gasteiger partial charge >= 0.3 is 6.09 Å². The Kier molecular flexibility index (Phi) is 4.92. The van der Waals surface area contributed by atoms with E-state index in [1.807, 2.05) is 6.07 Å². The molecule has 3 N–H and O–H groups in total. The van der Waals surface area contributed by atoms with Gasteiger partial charge in [0.2, 0.25) is 0 Å². The van der Waals surface area contributed by atoms with Gasteiger partial charge < -0.3 is 20.4 Å². The maximum absolute atomic E-state index is 11.1. The molecule has 0 aliphatic carbocycles. The Morgan fingerprint density at radius 1 is 1.11 bits per heavy atom. The average molecular weight is 379 g/mol. The number of H-pyrrole nitrogens is 1. The van der Waals surface area contributed by atoms with Crippen LogP contribution in [0.3, 0.4) is 0 Å². The molecule has 3 aromatic rings. The van der Waals surface area contributed by atoms with E-state index in [1.54, 1.807) is 12.1 Å². The number of carbonyl (C=O) groups is 1. The third-order valence-electron chi connectivity index (χ3n) is 5.24. The van der Waals surface area contributed by atoms with Gasteiger partial charge in [-0.3, -0.25) is 4.90 Å². The predicted molar refractivity (Wildman–Crippen MR) is 111 cm³/mol. The van der Waals surface area contributed by atoms with Gasteiger partial charge in [0, 0.05) is 43.5 Å². The largest absolute Gasteiger partial charge is 0.410 e. The topological polar surface area (TPSA) is 87.5 Å². The van der Waals surface area contributed by atoms with E-state index < -0.39 is 6.09 Å². The van der Waals surface area contributed by atoms with Crippen LogP contribution in [0.1, 0.15) is 13.8 Å². The highest BCUT2D eigenvalue weighted by atomic mass is 16.5. The first kappa shape index (κ1) is 18.3. The van der Waals surface area contributed by atoms with Crippen LogP contribution >= 0.6 is 0 Å². The zero-order chi connectivity index (χ0) is 19.7. The zero-order valence-electron chi connectivity index (χ0n) is 16.2. The highest BCUT2D eigenvalue weighted by Crippen LogP contribution is 2.28. The summed E-state index contributed by atoms with van der Waals surface area (Å²) in [4.78, 5) is 23.9. The molecule has 1 saturated heterocycles. The minimum absolute atomic E-state index is 0.354. The number of benzene rings is 2. The number of nitrogens with zero attached hydrogens (tertiary/aromatic N) is 3. The summed E-state index contributed by atoms with van der Waals surface area (Å²) in [5.74, 6) is 1.08. The number of ether oxygens (including phenoxy) is 1. The molecule has 7 heteroatoms. The summed E-state index contributed by atoms with van der Waals surface area (Å²) in [6.07, 6.45) is -0.848. The number of nitrogens with one attached hydrogen (secondary N) is 1. The van der Waals surface area contributed by atoms with E-state index in [-0.39, 0.29) is 0 Å². The molecule has 1 aliphatic heterocycles. The average Bonchev–Trinajstić information content (AvgIpc) is 3.13. The third kappa shape index (κ3) is 3.66. The number of carbonyl (C=O) groups excluding carboxylic acids is 1. The second kappa shape index (κ2) is 7.52. The third-order valence-corrected chi connectivity index (χ3v) is 5.24. The van der Waals surface area contributed by atoms with Gasteiger partial charge in [0.1, 0.15) is 11.3 Å². The molecule has 1 aromatic heterocycles. The van der Waals surface area contributed by atoms with E-state index in [0.717, 1.165) is 43.1 Å². The molecule has 7 nitrogen and oxygen atoms in total. The van der Waals surface area contributed by atoms with Gasteiger partial charge in [-0.25, -0.2) is 9.78 Å². The SMILES string of the molecule is CC(C)N1CCN(c2ccc(-c3nc4c(OC(N)=O)cccc4[nH]3)cc2)CC1. The summed E-state index contributed by atoms with van der Waals surface area (Å²) in [5.41, 5.74) is 8.72. The van der Waals surface area contributed by atoms with Gasteiger partial charge in [0.15, 0.2) is 5.75 Å². The van der Waals surface area contributed by atoms with Crippen LogP contribution in [0.5, 0.6) is 5.75 Å². The standard InChI is InChI=1S/C21H25N5O2/c1-14(2)25-10-12-26(13-11-25)16-8-6-15(7-9-16)20-23-17-4-3-5-18(19(17)24-20)28-21(22)27/h3-9,14H,10-13H2,1-2H3,(H2,22,27)(H,23,24). The first-order chi connectivity index (χ1) is 13.5. The Labute approximate surface area is 164 Å². The van der Waals surface area contributed by atoms with Crippen LogP contribution in [0.4, 0.5) is 10.5 Å². The number of aromatic amines is 1. The van der Waals surface area contributed by atoms with Gasteiger partial charge in [0.25, 0.3) is 0 Å². The molecular weight excluding hydrogens is 354 g/mol. The van der Waals surface area contributed by atoms with Crippen molar-refractivity contribution >= 4 is 22.8 Å². The van der Waals surface area contributed by atoms with E-state index >= 15 is 0 Å². The van der Waals surface area contributed by atoms with Gasteiger partial charge in [-0.1, -0.05) is 6.07 Å². The van der Waals surface area contributed by atoms with Crippen LogP contribution in [0.2, 0.25) is 0 Å². The second-order valence-electron chi connectivity index (χ2n) is 7.32. The number of nitrogens with two attached hydrogens (primary N) is 1. The molecule has 146 valence electrons. The molecule has 0 saturated carbocycles. The number of primary amides is 1. The van der Waals surface area contributed by atoms with Crippen molar-refractivity contribution in [3.63, 3.8) is 0 Å². The molecule has 2 heterocycles. The molecule has 4 rings (SSSR count). The lowest BCUT2D eigenvalue weighted by Crippen LogP contribution is -2.48. The first-order valence-electron chi connectivity index (χ1n) is 9.57. The van der Waals surface area contributed by atoms with Gasteiger partial charge in [-0.2, -0.15) is 0 Å². The van der Waals surface area contributed by atoms with E-state index in [4.69, 9.17) is 10.5 Å². The molecule has 1 amide bonds. The van der Waals surface area contributed by atoms with Crippen molar-refractivity contribution in [2.45, 2.75) is 19.9 Å². The number of hydrogen-bond donors (Lipinski definition) is 2. The molecule has 1 aliphatic rings. The van der Waals surface area contributed by atoms with Crippen LogP contribution in [0.25, 0.3) is 22.4 Å². The molecule has 0 spiro atoms. The molecular formula is C21H25N5O2. The lowest BCUT2D eigenvalue weighted by Gasteiger charge is -2.38. The van der Waals surface area contributed by atoms with Crippen LogP contribution in [-0.2, 0) is 0 Å². The number of amides is 1. The van der Waals surface area contributed by atoms with E-state index in [1.165, 1.54) is 5.69 Å². The summed E-state index contributed by atoms with van der Waals surface area (Å²) < 4.78 is 5.05. The van der Waals surface area contributed by atoms with Crippen molar-refractivity contribution < 1.29 is 9.53 Å². The summed E-state index contributed by atoms with van der Waals surface area (Å²) >= 11 is 0. The smallest absolute Gasteiger partial charge is 0.408 e. The fourth-order valence-corrected chi connectivity index (χ4v) is 3.66. The number of para-hydroxylation sites is 1. The monoisotopic (exact) mass is 379 g/mol. The zero-order valence-corrected chi connectivity index (χ0v) is 16.2. The summed E-state index contributed by atoms with van der Waals surface area (Å²) in [7, 11) is 0. The van der Waals surface area contributed by atoms with Gasteiger partial charge in [0.05, 0.1) is 5.52 Å². The predicted octanol–water partition coefficient (Wildman–Crippen LogP) is 3.22. The number of aromatic nitrogens is 2. The molecule has 0 bridgehead atoms. The fourth-order valence-electron chi connectivity index (χ4n) is 3.66. The van der Waals surface area contributed by atoms with Gasteiger partial charge in [-0.15, -0.1) is 0 Å². The second-order valence-corrected chi connectivity index (χ2v) is 7.32. The Morgan fingerprint density at radius 3 is 2.46 bits per heavy atom. The maximum atomic E-state index is 11.1. The number of hydrogen-bond acceptors (Lipinski definition) is 5. The number of piperazine rings is 1. The van der Waals surface area contributed by atoms with E-state index in [2.05, 4.69) is 57.9 Å². The number of anilines is 1. The minimum atomic E-state index is -0.848. The Balaban J connectivity index is 1.54. The summed E-state index contributed by atoms with van der Waals surface area (Å²) in [5, 5.41) is 0. The highest BCUT2D eigenvalue weighted by molar-refractivity contribution is 5.87. The lowest BCUT2D eigenvalue weighted by molar-refractivity contribution is 0.209. The first-order valence-corrected chi connectivity index (χ1v) is 9.57. The van der Waals surface area contributed by atoms with Crippen molar-refractivity contribution in [2.24, 2.45) is 5.73 Å². The Morgan fingerprint density at radius 2 is 1.82 bits per heavy atom. The van der Waals surface area contributed by atoms with Crippen molar-refractivity contribution in [3.05, 3.63) is 42.5 Å². The molecule has 1 fully saturated rings. The molecule has 0 radical (unpaired) electrons. The number of rotatable bonds is 4. The Hall–Kier alpha value is -3.06. The van der Waals surface area contributed by atoms with Crippen LogP contribution < -0.4 is 15.4 Å². The summed E-state index contributed by atoms with van der Waals surface area (Å²) in [6.45, 7) is 8.75. The minimum Gasteiger partial charge on any atom is -0.408 e. The normalized spacial score (nSPS) is 15.3. The number of fused-ring (bicyclic) bond motifs is 1. The molecule has 2 aromatic carbocycles. The maximum Gasteiger partial charge on any atom is 0.410 e. The quantitative estimate of drug-likeness (QED) is 0.727. The fraction of sp³-hybridized carbons (Fsp3) is 0.333. The number of imidazole rings is 1.